The molecule has 0 fully saturated rings. The fourth-order valence-corrected chi connectivity index (χ4v) is 5.26. The highest BCUT2D eigenvalue weighted by molar-refractivity contribution is 7.48. The minimum Gasteiger partial charge on any atom is -0.286 e. The van der Waals surface area contributed by atoms with Crippen molar-refractivity contribution in [2.75, 3.05) is 0 Å². The van der Waals surface area contributed by atoms with Crippen LogP contribution in [0.1, 0.15) is 81.1 Å². The summed E-state index contributed by atoms with van der Waals surface area (Å²) >= 11 is 0. The minimum atomic E-state index is -1.22. The third-order valence-corrected chi connectivity index (χ3v) is 7.88. The van der Waals surface area contributed by atoms with Crippen molar-refractivity contribution in [3.8, 4) is 0 Å². The standard InChI is InChI=1S/C16H34OP/c1-9-11-13(3)15(5,6)18(17)16(7,8)14(4)12-10-2/h13-14H,9-12H2,1-8H3. The molecule has 0 aliphatic rings. The maximum absolute atomic E-state index is 13.1. The van der Waals surface area contributed by atoms with Crippen LogP contribution in [-0.4, -0.2) is 10.3 Å². The molecule has 0 aliphatic heterocycles. The molecule has 1 nitrogen and oxygen atoms in total. The van der Waals surface area contributed by atoms with Crippen molar-refractivity contribution in [3.63, 3.8) is 0 Å². The maximum Gasteiger partial charge on any atom is 0.0838 e. The molecule has 2 heteroatoms. The zero-order valence-electron chi connectivity index (χ0n) is 13.8. The molecule has 0 aromatic rings. The van der Waals surface area contributed by atoms with Crippen LogP contribution in [0, 0.1) is 11.8 Å². The van der Waals surface area contributed by atoms with Crippen LogP contribution in [0.15, 0.2) is 0 Å². The van der Waals surface area contributed by atoms with Gasteiger partial charge in [0.2, 0.25) is 0 Å². The van der Waals surface area contributed by atoms with Crippen molar-refractivity contribution in [3.05, 3.63) is 0 Å². The van der Waals surface area contributed by atoms with E-state index in [9.17, 15) is 4.57 Å². The SMILES string of the molecule is CCCC(C)C(C)(C)[P](=O)C(C)(C)C(C)CCC. The predicted molar refractivity (Wildman–Crippen MR) is 83.9 cm³/mol. The largest absolute Gasteiger partial charge is 0.286 e. The predicted octanol–water partition coefficient (Wildman–Crippen LogP) is 6.24. The van der Waals surface area contributed by atoms with Crippen molar-refractivity contribution in [1.82, 2.24) is 0 Å². The van der Waals surface area contributed by atoms with Gasteiger partial charge in [0.1, 0.15) is 0 Å². The molecule has 0 saturated heterocycles. The lowest BCUT2D eigenvalue weighted by molar-refractivity contribution is 0.361. The number of hydrogen-bond donors (Lipinski definition) is 0. The first-order chi connectivity index (χ1) is 8.12. The smallest absolute Gasteiger partial charge is 0.0838 e. The molecule has 0 bridgehead atoms. The Morgan fingerprint density at radius 3 is 1.33 bits per heavy atom. The molecule has 0 spiro atoms. The van der Waals surface area contributed by atoms with E-state index in [4.69, 9.17) is 0 Å². The Balaban J connectivity index is 5.00. The van der Waals surface area contributed by atoms with Crippen LogP contribution in [0.25, 0.3) is 0 Å². The van der Waals surface area contributed by atoms with E-state index < -0.39 is 7.80 Å². The van der Waals surface area contributed by atoms with E-state index in [0.29, 0.717) is 11.8 Å². The molecule has 0 saturated carbocycles. The molecular formula is C16H34OP. The van der Waals surface area contributed by atoms with Crippen LogP contribution in [0.5, 0.6) is 0 Å². The lowest BCUT2D eigenvalue weighted by Gasteiger charge is -2.41. The van der Waals surface area contributed by atoms with Gasteiger partial charge in [-0.3, -0.25) is 4.57 Å². The normalized spacial score (nSPS) is 17.4. The van der Waals surface area contributed by atoms with Crippen LogP contribution in [0.2, 0.25) is 0 Å². The summed E-state index contributed by atoms with van der Waals surface area (Å²) in [5, 5.41) is -0.117. The summed E-state index contributed by atoms with van der Waals surface area (Å²) in [6, 6.07) is 0. The van der Waals surface area contributed by atoms with E-state index in [1.165, 1.54) is 25.7 Å². The summed E-state index contributed by atoms with van der Waals surface area (Å²) < 4.78 is 13.1. The van der Waals surface area contributed by atoms with Gasteiger partial charge in [0, 0.05) is 10.3 Å². The Labute approximate surface area is 116 Å². The summed E-state index contributed by atoms with van der Waals surface area (Å²) in [5.41, 5.74) is 0. The first-order valence-electron chi connectivity index (χ1n) is 7.59. The summed E-state index contributed by atoms with van der Waals surface area (Å²) in [6.45, 7) is 17.8. The summed E-state index contributed by atoms with van der Waals surface area (Å²) in [4.78, 5) is 0. The quantitative estimate of drug-likeness (QED) is 0.478. The van der Waals surface area contributed by atoms with Crippen LogP contribution in [0.4, 0.5) is 0 Å². The van der Waals surface area contributed by atoms with Gasteiger partial charge < -0.3 is 0 Å². The zero-order chi connectivity index (χ0) is 14.6. The van der Waals surface area contributed by atoms with Crippen molar-refractivity contribution in [2.45, 2.75) is 91.4 Å². The van der Waals surface area contributed by atoms with Gasteiger partial charge in [-0.05, 0) is 52.4 Å². The first kappa shape index (κ1) is 18.1. The van der Waals surface area contributed by atoms with Gasteiger partial charge in [0.25, 0.3) is 0 Å². The Kier molecular flexibility index (Phi) is 7.07. The van der Waals surface area contributed by atoms with Crippen molar-refractivity contribution >= 4 is 7.80 Å². The second kappa shape index (κ2) is 7.04. The number of hydrogen-bond acceptors (Lipinski definition) is 1. The highest BCUT2D eigenvalue weighted by atomic mass is 31.1. The topological polar surface area (TPSA) is 17.1 Å². The highest BCUT2D eigenvalue weighted by Gasteiger charge is 2.43. The average molecular weight is 273 g/mol. The van der Waals surface area contributed by atoms with Crippen LogP contribution < -0.4 is 0 Å². The van der Waals surface area contributed by atoms with Crippen LogP contribution in [-0.2, 0) is 4.57 Å². The van der Waals surface area contributed by atoms with Crippen LogP contribution >= 0.6 is 7.80 Å². The van der Waals surface area contributed by atoms with Gasteiger partial charge in [0.05, 0.1) is 7.80 Å². The van der Waals surface area contributed by atoms with Crippen molar-refractivity contribution in [2.24, 2.45) is 11.8 Å². The van der Waals surface area contributed by atoms with Gasteiger partial charge in [-0.25, -0.2) is 0 Å². The Morgan fingerprint density at radius 1 is 0.833 bits per heavy atom. The molecule has 0 aliphatic carbocycles. The van der Waals surface area contributed by atoms with Crippen molar-refractivity contribution in [1.29, 1.82) is 0 Å². The lowest BCUT2D eigenvalue weighted by atomic mass is 9.91. The third-order valence-electron chi connectivity index (χ3n) is 4.90. The molecule has 1 radical (unpaired) electrons. The zero-order valence-corrected chi connectivity index (χ0v) is 14.7. The van der Waals surface area contributed by atoms with Gasteiger partial charge >= 0.3 is 0 Å². The van der Waals surface area contributed by atoms with Crippen LogP contribution in [0.3, 0.4) is 0 Å². The summed E-state index contributed by atoms with van der Waals surface area (Å²) in [5.74, 6) is 1.05. The fourth-order valence-electron chi connectivity index (χ4n) is 2.72. The van der Waals surface area contributed by atoms with E-state index in [0.717, 1.165) is 0 Å². The van der Waals surface area contributed by atoms with Gasteiger partial charge in [-0.1, -0.05) is 40.5 Å². The summed E-state index contributed by atoms with van der Waals surface area (Å²) in [6.07, 6.45) is 4.70. The van der Waals surface area contributed by atoms with Gasteiger partial charge in [-0.2, -0.15) is 0 Å². The van der Waals surface area contributed by atoms with E-state index >= 15 is 0 Å². The Hall–Kier alpha value is 0.100. The average Bonchev–Trinajstić information content (AvgIpc) is 2.28. The Morgan fingerprint density at radius 2 is 1.11 bits per heavy atom. The lowest BCUT2D eigenvalue weighted by Crippen LogP contribution is -2.36. The van der Waals surface area contributed by atoms with Gasteiger partial charge in [-0.15, -0.1) is 0 Å². The molecule has 0 heterocycles. The molecule has 2 atom stereocenters. The molecule has 0 aromatic carbocycles. The molecule has 18 heavy (non-hydrogen) atoms. The van der Waals surface area contributed by atoms with Crippen molar-refractivity contribution < 1.29 is 4.57 Å². The third kappa shape index (κ3) is 4.05. The molecule has 2 unspecified atom stereocenters. The molecule has 0 amide bonds. The van der Waals surface area contributed by atoms with E-state index in [-0.39, 0.29) is 10.3 Å². The molecule has 0 N–H and O–H groups in total. The molecule has 109 valence electrons. The molecule has 0 rings (SSSR count). The van der Waals surface area contributed by atoms with Gasteiger partial charge in [0.15, 0.2) is 0 Å². The van der Waals surface area contributed by atoms with E-state index in [1.807, 2.05) is 0 Å². The summed E-state index contributed by atoms with van der Waals surface area (Å²) in [7, 11) is -1.22. The first-order valence-corrected chi connectivity index (χ1v) is 8.85. The highest BCUT2D eigenvalue weighted by Crippen LogP contribution is 2.57. The second-order valence-corrected chi connectivity index (χ2v) is 9.88. The van der Waals surface area contributed by atoms with E-state index in [1.54, 1.807) is 0 Å². The maximum atomic E-state index is 13.1. The number of rotatable bonds is 8. The monoisotopic (exact) mass is 273 g/mol. The minimum absolute atomic E-state index is 0.0587. The van der Waals surface area contributed by atoms with E-state index in [2.05, 4.69) is 55.4 Å². The molecular weight excluding hydrogens is 239 g/mol. The molecule has 0 aromatic heterocycles. The Bertz CT molecular complexity index is 242. The second-order valence-electron chi connectivity index (χ2n) is 6.98. The fraction of sp³-hybridized carbons (Fsp3) is 1.00.